The lowest BCUT2D eigenvalue weighted by molar-refractivity contribution is 0.102. The van der Waals surface area contributed by atoms with Crippen molar-refractivity contribution in [3.63, 3.8) is 0 Å². The Hall–Kier alpha value is -2.76. The summed E-state index contributed by atoms with van der Waals surface area (Å²) in [6.45, 7) is 3.66. The number of amides is 1. The number of aryl methyl sites for hydroxylation is 2. The molecule has 1 N–H and O–H groups in total. The van der Waals surface area contributed by atoms with Crippen LogP contribution < -0.4 is 5.32 Å². The van der Waals surface area contributed by atoms with Crippen molar-refractivity contribution in [1.82, 2.24) is 9.38 Å². The first-order chi connectivity index (χ1) is 10.5. The molecule has 6 heteroatoms. The molecular weight excluding hydrogens is 288 g/mol. The van der Waals surface area contributed by atoms with Crippen molar-refractivity contribution in [1.29, 1.82) is 0 Å². The number of carbonyl (C=O) groups is 1. The summed E-state index contributed by atoms with van der Waals surface area (Å²) < 4.78 is 27.8. The lowest BCUT2D eigenvalue weighted by Gasteiger charge is -2.06. The van der Waals surface area contributed by atoms with E-state index in [0.29, 0.717) is 17.0 Å². The van der Waals surface area contributed by atoms with Gasteiger partial charge in [0.1, 0.15) is 11.3 Å². The van der Waals surface area contributed by atoms with Crippen LogP contribution in [0, 0.1) is 25.5 Å². The van der Waals surface area contributed by atoms with Crippen LogP contribution in [0.4, 0.5) is 14.5 Å². The molecule has 4 nitrogen and oxygen atoms in total. The second kappa shape index (κ2) is 5.22. The third kappa shape index (κ3) is 2.43. The molecule has 3 aromatic rings. The number of carbonyl (C=O) groups excluding carboxylic acids is 1. The fourth-order valence-electron chi connectivity index (χ4n) is 2.30. The monoisotopic (exact) mass is 301 g/mol. The highest BCUT2D eigenvalue weighted by Crippen LogP contribution is 2.17. The van der Waals surface area contributed by atoms with Gasteiger partial charge in [0.05, 0.1) is 5.69 Å². The molecule has 22 heavy (non-hydrogen) atoms. The maximum Gasteiger partial charge on any atom is 0.274 e. The summed E-state index contributed by atoms with van der Waals surface area (Å²) in [6, 6.07) is 6.94. The number of benzene rings is 1. The van der Waals surface area contributed by atoms with Gasteiger partial charge in [0.2, 0.25) is 0 Å². The molecule has 0 radical (unpaired) electrons. The highest BCUT2D eigenvalue weighted by atomic mass is 19.2. The van der Waals surface area contributed by atoms with Crippen LogP contribution in [-0.4, -0.2) is 15.3 Å². The number of hydrogen-bond acceptors (Lipinski definition) is 2. The summed E-state index contributed by atoms with van der Waals surface area (Å²) in [6.07, 6.45) is 1.75. The highest BCUT2D eigenvalue weighted by molar-refractivity contribution is 6.04. The number of nitrogens with zero attached hydrogens (tertiary/aromatic N) is 2. The first-order valence-corrected chi connectivity index (χ1v) is 6.67. The van der Waals surface area contributed by atoms with Gasteiger partial charge < -0.3 is 5.32 Å². The number of pyridine rings is 1. The molecule has 2 aromatic heterocycles. The maximum atomic E-state index is 13.2. The molecule has 2 heterocycles. The van der Waals surface area contributed by atoms with Gasteiger partial charge in [-0.15, -0.1) is 0 Å². The van der Waals surface area contributed by atoms with E-state index in [1.54, 1.807) is 17.5 Å². The fourth-order valence-corrected chi connectivity index (χ4v) is 2.30. The Morgan fingerprint density at radius 2 is 1.91 bits per heavy atom. The van der Waals surface area contributed by atoms with Crippen molar-refractivity contribution in [2.45, 2.75) is 13.8 Å². The summed E-state index contributed by atoms with van der Waals surface area (Å²) in [5.74, 6) is -2.40. The van der Waals surface area contributed by atoms with Gasteiger partial charge in [-0.05, 0) is 43.7 Å². The number of aromatic nitrogens is 2. The van der Waals surface area contributed by atoms with E-state index in [2.05, 4.69) is 10.3 Å². The minimum absolute atomic E-state index is 0.186. The molecule has 3 rings (SSSR count). The minimum Gasteiger partial charge on any atom is -0.321 e. The zero-order chi connectivity index (χ0) is 15.9. The van der Waals surface area contributed by atoms with Crippen molar-refractivity contribution in [2.24, 2.45) is 0 Å². The predicted octanol–water partition coefficient (Wildman–Crippen LogP) is 3.48. The zero-order valence-electron chi connectivity index (χ0n) is 12.0. The SMILES string of the molecule is Cc1ccn2c(C(=O)Nc3ccc(F)c(F)c3)c(C)nc2c1. The Balaban J connectivity index is 1.98. The molecule has 112 valence electrons. The Labute approximate surface area is 125 Å². The van der Waals surface area contributed by atoms with E-state index in [-0.39, 0.29) is 5.69 Å². The number of halogens is 2. The number of fused-ring (bicyclic) bond motifs is 1. The van der Waals surface area contributed by atoms with Gasteiger partial charge in [-0.25, -0.2) is 13.8 Å². The molecule has 0 saturated carbocycles. The van der Waals surface area contributed by atoms with Gasteiger partial charge in [-0.1, -0.05) is 0 Å². The van der Waals surface area contributed by atoms with Crippen LogP contribution in [0.15, 0.2) is 36.5 Å². The molecule has 0 atom stereocenters. The number of nitrogens with one attached hydrogen (secondary N) is 1. The molecule has 0 saturated heterocycles. The summed E-state index contributed by atoms with van der Waals surface area (Å²) in [4.78, 5) is 16.7. The quantitative estimate of drug-likeness (QED) is 0.787. The van der Waals surface area contributed by atoms with Crippen LogP contribution in [0.3, 0.4) is 0 Å². The third-order valence-corrected chi connectivity index (χ3v) is 3.35. The fraction of sp³-hybridized carbons (Fsp3) is 0.125. The van der Waals surface area contributed by atoms with Crippen molar-refractivity contribution < 1.29 is 13.6 Å². The average Bonchev–Trinajstić information content (AvgIpc) is 2.78. The van der Waals surface area contributed by atoms with E-state index in [1.165, 1.54) is 6.07 Å². The summed E-state index contributed by atoms with van der Waals surface area (Å²) in [5, 5.41) is 2.55. The van der Waals surface area contributed by atoms with Crippen molar-refractivity contribution >= 4 is 17.2 Å². The Kier molecular flexibility index (Phi) is 3.36. The van der Waals surface area contributed by atoms with Crippen molar-refractivity contribution in [3.8, 4) is 0 Å². The summed E-state index contributed by atoms with van der Waals surface area (Å²) in [5.41, 5.74) is 2.80. The molecule has 0 fully saturated rings. The van der Waals surface area contributed by atoms with Gasteiger partial charge in [-0.3, -0.25) is 9.20 Å². The standard InChI is InChI=1S/C16H13F2N3O/c1-9-5-6-21-14(7-9)19-10(2)15(21)16(22)20-11-3-4-12(17)13(18)8-11/h3-8H,1-2H3,(H,20,22). The first kappa shape index (κ1) is 14.2. The van der Waals surface area contributed by atoms with E-state index in [1.807, 2.05) is 19.1 Å². The van der Waals surface area contributed by atoms with E-state index in [4.69, 9.17) is 0 Å². The summed E-state index contributed by atoms with van der Waals surface area (Å²) >= 11 is 0. The lowest BCUT2D eigenvalue weighted by Crippen LogP contribution is -2.15. The van der Waals surface area contributed by atoms with Crippen molar-refractivity contribution in [3.05, 3.63) is 65.1 Å². The minimum atomic E-state index is -1.01. The number of rotatable bonds is 2. The average molecular weight is 301 g/mol. The first-order valence-electron chi connectivity index (χ1n) is 6.67. The van der Waals surface area contributed by atoms with Gasteiger partial charge in [0.25, 0.3) is 5.91 Å². The number of anilines is 1. The number of imidazole rings is 1. The Morgan fingerprint density at radius 3 is 2.64 bits per heavy atom. The molecule has 0 bridgehead atoms. The smallest absolute Gasteiger partial charge is 0.274 e. The van der Waals surface area contributed by atoms with Gasteiger partial charge in [0, 0.05) is 18.0 Å². The molecule has 1 amide bonds. The van der Waals surface area contributed by atoms with Crippen LogP contribution in [0.1, 0.15) is 21.7 Å². The Bertz CT molecular complexity index is 886. The number of hydrogen-bond donors (Lipinski definition) is 1. The van der Waals surface area contributed by atoms with Crippen LogP contribution >= 0.6 is 0 Å². The molecule has 1 aromatic carbocycles. The van der Waals surface area contributed by atoms with E-state index >= 15 is 0 Å². The second-order valence-corrected chi connectivity index (χ2v) is 5.06. The van der Waals surface area contributed by atoms with Crippen molar-refractivity contribution in [2.75, 3.05) is 5.32 Å². The predicted molar refractivity (Wildman–Crippen MR) is 79.0 cm³/mol. The van der Waals surface area contributed by atoms with Crippen LogP contribution in [0.25, 0.3) is 5.65 Å². The molecule has 0 spiro atoms. The topological polar surface area (TPSA) is 46.4 Å². The molecular formula is C16H13F2N3O. The van der Waals surface area contributed by atoms with Gasteiger partial charge >= 0.3 is 0 Å². The second-order valence-electron chi connectivity index (χ2n) is 5.06. The highest BCUT2D eigenvalue weighted by Gasteiger charge is 2.17. The maximum absolute atomic E-state index is 13.2. The van der Waals surface area contributed by atoms with Gasteiger partial charge in [0.15, 0.2) is 11.6 Å². The zero-order valence-corrected chi connectivity index (χ0v) is 12.0. The normalized spacial score (nSPS) is 10.9. The van der Waals surface area contributed by atoms with Crippen LogP contribution in [0.5, 0.6) is 0 Å². The molecule has 0 aliphatic heterocycles. The van der Waals surface area contributed by atoms with Crippen LogP contribution in [-0.2, 0) is 0 Å². The molecule has 0 unspecified atom stereocenters. The lowest BCUT2D eigenvalue weighted by atomic mass is 10.2. The summed E-state index contributed by atoms with van der Waals surface area (Å²) in [7, 11) is 0. The van der Waals surface area contributed by atoms with E-state index < -0.39 is 17.5 Å². The van der Waals surface area contributed by atoms with E-state index in [0.717, 1.165) is 17.7 Å². The molecule has 0 aliphatic rings. The molecule has 0 aliphatic carbocycles. The Morgan fingerprint density at radius 1 is 1.14 bits per heavy atom. The van der Waals surface area contributed by atoms with Gasteiger partial charge in [-0.2, -0.15) is 0 Å². The third-order valence-electron chi connectivity index (χ3n) is 3.35. The largest absolute Gasteiger partial charge is 0.321 e. The van der Waals surface area contributed by atoms with E-state index in [9.17, 15) is 13.6 Å². The van der Waals surface area contributed by atoms with Crippen LogP contribution in [0.2, 0.25) is 0 Å².